The van der Waals surface area contributed by atoms with E-state index < -0.39 is 0 Å². The van der Waals surface area contributed by atoms with Gasteiger partial charge in [0.15, 0.2) is 0 Å². The number of halogens is 1. The fourth-order valence-corrected chi connectivity index (χ4v) is 1.85. The lowest BCUT2D eigenvalue weighted by atomic mass is 10.2. The summed E-state index contributed by atoms with van der Waals surface area (Å²) in [6.45, 7) is 0.323. The molecule has 0 aliphatic heterocycles. The molecule has 0 fully saturated rings. The Morgan fingerprint density at radius 1 is 1.19 bits per heavy atom. The summed E-state index contributed by atoms with van der Waals surface area (Å²) in [6.07, 6.45) is 0. The first kappa shape index (κ1) is 15.2. The van der Waals surface area contributed by atoms with E-state index in [1.54, 1.807) is 31.4 Å². The van der Waals surface area contributed by atoms with Crippen LogP contribution in [0, 0.1) is 0 Å². The maximum absolute atomic E-state index is 11.7. The lowest BCUT2D eigenvalue weighted by Gasteiger charge is -2.08. The average Bonchev–Trinajstić information content (AvgIpc) is 2.52. The van der Waals surface area contributed by atoms with Gasteiger partial charge in [0.25, 0.3) is 0 Å². The molecule has 0 saturated heterocycles. The van der Waals surface area contributed by atoms with Gasteiger partial charge >= 0.3 is 5.97 Å². The van der Waals surface area contributed by atoms with Gasteiger partial charge in [-0.2, -0.15) is 0 Å². The Morgan fingerprint density at radius 3 is 2.67 bits per heavy atom. The van der Waals surface area contributed by atoms with Gasteiger partial charge < -0.3 is 14.8 Å². The highest BCUT2D eigenvalue weighted by Gasteiger charge is 2.04. The van der Waals surface area contributed by atoms with E-state index in [0.29, 0.717) is 5.02 Å². The third kappa shape index (κ3) is 5.00. The molecule has 21 heavy (non-hydrogen) atoms. The summed E-state index contributed by atoms with van der Waals surface area (Å²) in [5.41, 5.74) is 1.70. The minimum absolute atomic E-state index is 0.103. The fraction of sp³-hybridized carbons (Fsp3) is 0.188. The summed E-state index contributed by atoms with van der Waals surface area (Å²) < 4.78 is 10.3. The van der Waals surface area contributed by atoms with Gasteiger partial charge in [0, 0.05) is 10.7 Å². The molecule has 5 heteroatoms. The molecule has 0 aliphatic carbocycles. The number of hydrogen-bond donors (Lipinski definition) is 1. The first-order valence-electron chi connectivity index (χ1n) is 6.45. The van der Waals surface area contributed by atoms with Crippen molar-refractivity contribution in [1.29, 1.82) is 0 Å². The van der Waals surface area contributed by atoms with E-state index in [4.69, 9.17) is 21.1 Å². The third-order valence-electron chi connectivity index (χ3n) is 2.82. The van der Waals surface area contributed by atoms with Crippen molar-refractivity contribution in [2.45, 2.75) is 6.61 Å². The molecule has 2 rings (SSSR count). The molecular formula is C16H16ClNO3. The Bertz CT molecular complexity index is 599. The van der Waals surface area contributed by atoms with E-state index in [2.05, 4.69) is 5.32 Å². The molecule has 0 spiro atoms. The Balaban J connectivity index is 1.78. The zero-order valence-electron chi connectivity index (χ0n) is 11.6. The van der Waals surface area contributed by atoms with Crippen LogP contribution in [0.1, 0.15) is 5.56 Å². The Morgan fingerprint density at radius 2 is 1.95 bits per heavy atom. The van der Waals surface area contributed by atoms with Crippen molar-refractivity contribution in [1.82, 2.24) is 0 Å². The monoisotopic (exact) mass is 305 g/mol. The number of carbonyl (C=O) groups excluding carboxylic acids is 1. The zero-order chi connectivity index (χ0) is 15.1. The molecule has 0 radical (unpaired) electrons. The summed E-state index contributed by atoms with van der Waals surface area (Å²) in [6, 6.07) is 14.5. The average molecular weight is 306 g/mol. The van der Waals surface area contributed by atoms with Gasteiger partial charge in [0.05, 0.1) is 7.11 Å². The van der Waals surface area contributed by atoms with Crippen LogP contribution in [0.15, 0.2) is 48.5 Å². The van der Waals surface area contributed by atoms with Gasteiger partial charge in [-0.15, -0.1) is 0 Å². The molecule has 0 aromatic heterocycles. The van der Waals surface area contributed by atoms with Crippen molar-refractivity contribution < 1.29 is 14.3 Å². The first-order chi connectivity index (χ1) is 10.2. The number of ether oxygens (including phenoxy) is 2. The van der Waals surface area contributed by atoms with Crippen LogP contribution < -0.4 is 10.1 Å². The largest absolute Gasteiger partial charge is 0.497 e. The van der Waals surface area contributed by atoms with Crippen molar-refractivity contribution in [3.05, 3.63) is 59.1 Å². The van der Waals surface area contributed by atoms with Crippen molar-refractivity contribution in [2.75, 3.05) is 19.0 Å². The molecule has 0 amide bonds. The molecule has 0 heterocycles. The van der Waals surface area contributed by atoms with Crippen LogP contribution in [0.5, 0.6) is 5.75 Å². The van der Waals surface area contributed by atoms with Gasteiger partial charge in [-0.3, -0.25) is 4.79 Å². The summed E-state index contributed by atoms with van der Waals surface area (Å²) in [5.74, 6) is 0.413. The summed E-state index contributed by atoms with van der Waals surface area (Å²) >= 11 is 5.79. The lowest BCUT2D eigenvalue weighted by molar-refractivity contribution is -0.142. The van der Waals surface area contributed by atoms with E-state index in [1.807, 2.05) is 24.3 Å². The topological polar surface area (TPSA) is 47.6 Å². The van der Waals surface area contributed by atoms with Gasteiger partial charge in [-0.25, -0.2) is 0 Å². The van der Waals surface area contributed by atoms with E-state index in [0.717, 1.165) is 17.0 Å². The van der Waals surface area contributed by atoms with Crippen LogP contribution in [-0.2, 0) is 16.1 Å². The SMILES string of the molecule is COc1cccc(COC(=O)CNc2ccc(Cl)cc2)c1. The molecular weight excluding hydrogens is 290 g/mol. The van der Waals surface area contributed by atoms with Crippen LogP contribution in [0.4, 0.5) is 5.69 Å². The minimum Gasteiger partial charge on any atom is -0.497 e. The summed E-state index contributed by atoms with van der Waals surface area (Å²) in [4.78, 5) is 11.7. The predicted octanol–water partition coefficient (Wildman–Crippen LogP) is 3.50. The van der Waals surface area contributed by atoms with Gasteiger partial charge in [0.2, 0.25) is 0 Å². The van der Waals surface area contributed by atoms with Crippen LogP contribution in [0.3, 0.4) is 0 Å². The molecule has 1 N–H and O–H groups in total. The van der Waals surface area contributed by atoms with Gasteiger partial charge in [-0.05, 0) is 42.0 Å². The molecule has 0 unspecified atom stereocenters. The van der Waals surface area contributed by atoms with E-state index >= 15 is 0 Å². The highest BCUT2D eigenvalue weighted by molar-refractivity contribution is 6.30. The van der Waals surface area contributed by atoms with Gasteiger partial charge in [-0.1, -0.05) is 23.7 Å². The van der Waals surface area contributed by atoms with Crippen molar-refractivity contribution in [3.8, 4) is 5.75 Å². The van der Waals surface area contributed by atoms with Crippen LogP contribution in [-0.4, -0.2) is 19.6 Å². The Hall–Kier alpha value is -2.20. The zero-order valence-corrected chi connectivity index (χ0v) is 12.4. The van der Waals surface area contributed by atoms with Crippen LogP contribution in [0.2, 0.25) is 5.02 Å². The van der Waals surface area contributed by atoms with Crippen molar-refractivity contribution in [3.63, 3.8) is 0 Å². The maximum Gasteiger partial charge on any atom is 0.325 e. The summed E-state index contributed by atoms with van der Waals surface area (Å²) in [7, 11) is 1.60. The van der Waals surface area contributed by atoms with Crippen molar-refractivity contribution in [2.24, 2.45) is 0 Å². The Kier molecular flexibility index (Phi) is 5.46. The van der Waals surface area contributed by atoms with Gasteiger partial charge in [0.1, 0.15) is 18.9 Å². The predicted molar refractivity (Wildman–Crippen MR) is 82.7 cm³/mol. The van der Waals surface area contributed by atoms with E-state index in [9.17, 15) is 4.79 Å². The number of methoxy groups -OCH3 is 1. The molecule has 0 atom stereocenters. The molecule has 2 aromatic carbocycles. The smallest absolute Gasteiger partial charge is 0.325 e. The Labute approximate surface area is 128 Å². The maximum atomic E-state index is 11.7. The lowest BCUT2D eigenvalue weighted by Crippen LogP contribution is -2.16. The second kappa shape index (κ2) is 7.55. The van der Waals surface area contributed by atoms with Crippen molar-refractivity contribution >= 4 is 23.3 Å². The minimum atomic E-state index is -0.326. The standard InChI is InChI=1S/C16H16ClNO3/c1-20-15-4-2-3-12(9-15)11-21-16(19)10-18-14-7-5-13(17)6-8-14/h2-9,18H,10-11H2,1H3. The van der Waals surface area contributed by atoms with E-state index in [1.165, 1.54) is 0 Å². The molecule has 0 saturated carbocycles. The fourth-order valence-electron chi connectivity index (χ4n) is 1.72. The second-order valence-electron chi connectivity index (χ2n) is 4.37. The molecule has 110 valence electrons. The highest BCUT2D eigenvalue weighted by atomic mass is 35.5. The molecule has 0 bridgehead atoms. The highest BCUT2D eigenvalue weighted by Crippen LogP contribution is 2.14. The molecule has 4 nitrogen and oxygen atoms in total. The normalized spacial score (nSPS) is 10.0. The number of benzene rings is 2. The molecule has 2 aromatic rings. The number of nitrogens with one attached hydrogen (secondary N) is 1. The quantitative estimate of drug-likeness (QED) is 0.830. The number of anilines is 1. The first-order valence-corrected chi connectivity index (χ1v) is 6.83. The number of carbonyl (C=O) groups is 1. The van der Waals surface area contributed by atoms with Crippen LogP contribution >= 0.6 is 11.6 Å². The number of rotatable bonds is 6. The summed E-state index contributed by atoms with van der Waals surface area (Å²) in [5, 5.41) is 3.63. The van der Waals surface area contributed by atoms with E-state index in [-0.39, 0.29) is 19.1 Å². The third-order valence-corrected chi connectivity index (χ3v) is 3.07. The number of esters is 1. The number of hydrogen-bond acceptors (Lipinski definition) is 4. The second-order valence-corrected chi connectivity index (χ2v) is 4.81. The van der Waals surface area contributed by atoms with Crippen LogP contribution in [0.25, 0.3) is 0 Å². The molecule has 0 aliphatic rings.